The van der Waals surface area contributed by atoms with Crippen molar-refractivity contribution >= 4 is 41.7 Å². The maximum absolute atomic E-state index is 13.8. The minimum atomic E-state index is -0.294. The van der Waals surface area contributed by atoms with Crippen molar-refractivity contribution in [1.29, 1.82) is 0 Å². The number of halogens is 2. The molecule has 1 atom stereocenters. The molecule has 1 aromatic rings. The fraction of sp³-hybridized carbons (Fsp3) is 0.588. The molecule has 7 nitrogen and oxygen atoms in total. The second-order valence-corrected chi connectivity index (χ2v) is 6.45. The lowest BCUT2D eigenvalue weighted by Crippen LogP contribution is -2.46. The van der Waals surface area contributed by atoms with Crippen molar-refractivity contribution in [1.82, 2.24) is 20.9 Å². The number of hydrogen-bond acceptors (Lipinski definition) is 4. The lowest BCUT2D eigenvalue weighted by Gasteiger charge is -2.20. The van der Waals surface area contributed by atoms with Gasteiger partial charge in [0.25, 0.3) is 0 Å². The minimum Gasteiger partial charge on any atom is -0.355 e. The molecular weight excluding hydrogens is 450 g/mol. The highest BCUT2D eigenvalue weighted by Crippen LogP contribution is 2.28. The van der Waals surface area contributed by atoms with Crippen LogP contribution >= 0.6 is 24.0 Å². The first kappa shape index (κ1) is 20.7. The van der Waals surface area contributed by atoms with Crippen LogP contribution in [-0.2, 0) is 4.79 Å². The van der Waals surface area contributed by atoms with Gasteiger partial charge in [0, 0.05) is 51.4 Å². The van der Waals surface area contributed by atoms with Gasteiger partial charge in [-0.2, -0.15) is 0 Å². The average Bonchev–Trinajstić information content (AvgIpc) is 3.37. The maximum Gasteiger partial charge on any atom is 0.223 e. The molecule has 2 aliphatic rings. The van der Waals surface area contributed by atoms with Gasteiger partial charge < -0.3 is 20.9 Å². The third-order valence-electron chi connectivity index (χ3n) is 4.46. The maximum atomic E-state index is 13.8. The van der Waals surface area contributed by atoms with Crippen LogP contribution < -0.4 is 20.9 Å². The number of rotatable bonds is 6. The molecule has 1 unspecified atom stereocenters. The smallest absolute Gasteiger partial charge is 0.223 e. The first-order chi connectivity index (χ1) is 12.2. The second kappa shape index (κ2) is 9.89. The van der Waals surface area contributed by atoms with E-state index in [9.17, 15) is 9.18 Å². The molecule has 1 aliphatic carbocycles. The van der Waals surface area contributed by atoms with Crippen molar-refractivity contribution in [3.63, 3.8) is 0 Å². The van der Waals surface area contributed by atoms with Crippen LogP contribution in [0.15, 0.2) is 23.3 Å². The number of aromatic nitrogens is 1. The van der Waals surface area contributed by atoms with Crippen molar-refractivity contribution < 1.29 is 9.18 Å². The molecule has 0 radical (unpaired) electrons. The van der Waals surface area contributed by atoms with Crippen LogP contribution in [0, 0.1) is 11.7 Å². The molecular formula is C17H26FIN6O. The summed E-state index contributed by atoms with van der Waals surface area (Å²) in [6, 6.07) is 3.20. The van der Waals surface area contributed by atoms with Crippen LogP contribution in [0.3, 0.4) is 0 Å². The Bertz CT molecular complexity index is 639. The van der Waals surface area contributed by atoms with Gasteiger partial charge >= 0.3 is 0 Å². The van der Waals surface area contributed by atoms with Gasteiger partial charge in [-0.3, -0.25) is 9.79 Å². The zero-order valence-corrected chi connectivity index (χ0v) is 17.2. The molecule has 1 saturated carbocycles. The van der Waals surface area contributed by atoms with Crippen molar-refractivity contribution in [2.24, 2.45) is 10.9 Å². The van der Waals surface area contributed by atoms with Gasteiger partial charge in [-0.25, -0.2) is 9.37 Å². The van der Waals surface area contributed by atoms with Gasteiger partial charge in [-0.15, -0.1) is 24.0 Å². The molecule has 1 aliphatic heterocycles. The van der Waals surface area contributed by atoms with E-state index in [1.54, 1.807) is 19.3 Å². The summed E-state index contributed by atoms with van der Waals surface area (Å²) in [6.07, 6.45) is 4.51. The molecule has 0 aromatic carbocycles. The normalized spacial score (nSPS) is 19.7. The van der Waals surface area contributed by atoms with Crippen LogP contribution in [0.5, 0.6) is 0 Å². The molecule has 1 amide bonds. The highest BCUT2D eigenvalue weighted by Gasteiger charge is 2.29. The van der Waals surface area contributed by atoms with E-state index in [1.165, 1.54) is 6.07 Å². The Balaban J connectivity index is 0.00000243. The summed E-state index contributed by atoms with van der Waals surface area (Å²) < 4.78 is 13.8. The van der Waals surface area contributed by atoms with E-state index in [0.717, 1.165) is 25.8 Å². The first-order valence-electron chi connectivity index (χ1n) is 8.77. The minimum absolute atomic E-state index is 0. The van der Waals surface area contributed by atoms with Gasteiger partial charge in [-0.05, 0) is 31.4 Å². The summed E-state index contributed by atoms with van der Waals surface area (Å²) in [5.74, 6) is 1.17. The number of hydrogen-bond donors (Lipinski definition) is 3. The Hall–Kier alpha value is -1.65. The summed E-state index contributed by atoms with van der Waals surface area (Å²) in [6.45, 7) is 2.61. The number of guanidine groups is 1. The lowest BCUT2D eigenvalue weighted by atomic mass is 10.3. The Morgan fingerprint density at radius 3 is 2.81 bits per heavy atom. The molecule has 26 heavy (non-hydrogen) atoms. The van der Waals surface area contributed by atoms with Crippen LogP contribution in [0.1, 0.15) is 19.3 Å². The standard InChI is InChI=1S/C17H25FN6O.HI/c1-19-17(22-9-8-21-16(25)12-4-5-12)23-13-6-10-24(11-13)15-14(18)3-2-7-20-15;/h2-3,7,12-13H,4-6,8-11H2,1H3,(H,21,25)(H2,19,22,23);1H. The molecule has 1 aromatic heterocycles. The molecule has 2 fully saturated rings. The van der Waals surface area contributed by atoms with E-state index in [2.05, 4.69) is 25.9 Å². The van der Waals surface area contributed by atoms with Crippen molar-refractivity contribution in [3.05, 3.63) is 24.1 Å². The Labute approximate surface area is 170 Å². The predicted molar refractivity (Wildman–Crippen MR) is 110 cm³/mol. The fourth-order valence-corrected chi connectivity index (χ4v) is 2.92. The third-order valence-corrected chi connectivity index (χ3v) is 4.46. The average molecular weight is 476 g/mol. The number of amides is 1. The van der Waals surface area contributed by atoms with Gasteiger partial charge in [-0.1, -0.05) is 0 Å². The van der Waals surface area contributed by atoms with Gasteiger partial charge in [0.2, 0.25) is 5.91 Å². The van der Waals surface area contributed by atoms with E-state index < -0.39 is 0 Å². The number of carbonyl (C=O) groups is 1. The summed E-state index contributed by atoms with van der Waals surface area (Å²) in [5.41, 5.74) is 0. The number of pyridine rings is 1. The van der Waals surface area contributed by atoms with E-state index in [-0.39, 0.29) is 47.7 Å². The number of nitrogens with zero attached hydrogens (tertiary/aromatic N) is 3. The van der Waals surface area contributed by atoms with Gasteiger partial charge in [0.1, 0.15) is 0 Å². The molecule has 2 heterocycles. The van der Waals surface area contributed by atoms with Crippen molar-refractivity contribution in [2.45, 2.75) is 25.3 Å². The number of anilines is 1. The molecule has 1 saturated heterocycles. The largest absolute Gasteiger partial charge is 0.355 e. The zero-order chi connectivity index (χ0) is 17.6. The SMILES string of the molecule is CN=C(NCCNC(=O)C1CC1)NC1CCN(c2ncccc2F)C1.I. The molecule has 3 rings (SSSR count). The quantitative estimate of drug-likeness (QED) is 0.248. The molecule has 144 valence electrons. The molecule has 0 spiro atoms. The topological polar surface area (TPSA) is 81.6 Å². The van der Waals surface area contributed by atoms with Crippen molar-refractivity contribution in [3.8, 4) is 0 Å². The highest BCUT2D eigenvalue weighted by atomic mass is 127. The summed E-state index contributed by atoms with van der Waals surface area (Å²) in [4.78, 5) is 21.8. The number of carbonyl (C=O) groups excluding carboxylic acids is 1. The summed E-state index contributed by atoms with van der Waals surface area (Å²) >= 11 is 0. The Morgan fingerprint density at radius 2 is 2.12 bits per heavy atom. The van der Waals surface area contributed by atoms with E-state index in [1.807, 2.05) is 4.90 Å². The second-order valence-electron chi connectivity index (χ2n) is 6.45. The number of nitrogens with one attached hydrogen (secondary N) is 3. The molecule has 9 heteroatoms. The zero-order valence-electron chi connectivity index (χ0n) is 14.9. The number of aliphatic imine (C=N–C) groups is 1. The van der Waals surface area contributed by atoms with E-state index in [4.69, 9.17) is 0 Å². The Morgan fingerprint density at radius 1 is 1.35 bits per heavy atom. The van der Waals surface area contributed by atoms with Crippen LogP contribution in [0.4, 0.5) is 10.2 Å². The Kier molecular flexibility index (Phi) is 7.85. The molecule has 3 N–H and O–H groups in total. The van der Waals surface area contributed by atoms with Crippen LogP contribution in [0.25, 0.3) is 0 Å². The predicted octanol–water partition coefficient (Wildman–Crippen LogP) is 1.11. The third kappa shape index (κ3) is 5.68. The van der Waals surface area contributed by atoms with Gasteiger partial charge in [0.05, 0.1) is 0 Å². The molecule has 0 bridgehead atoms. The highest BCUT2D eigenvalue weighted by molar-refractivity contribution is 14.0. The lowest BCUT2D eigenvalue weighted by molar-refractivity contribution is -0.122. The monoisotopic (exact) mass is 476 g/mol. The summed E-state index contributed by atoms with van der Waals surface area (Å²) in [7, 11) is 1.71. The fourth-order valence-electron chi connectivity index (χ4n) is 2.92. The van der Waals surface area contributed by atoms with Crippen LogP contribution in [0.2, 0.25) is 0 Å². The van der Waals surface area contributed by atoms with Crippen LogP contribution in [-0.4, -0.2) is 56.1 Å². The first-order valence-corrected chi connectivity index (χ1v) is 8.77. The van der Waals surface area contributed by atoms with E-state index in [0.29, 0.717) is 31.4 Å². The van der Waals surface area contributed by atoms with E-state index >= 15 is 0 Å². The van der Waals surface area contributed by atoms with Crippen molar-refractivity contribution in [2.75, 3.05) is 38.1 Å². The van der Waals surface area contributed by atoms with Gasteiger partial charge in [0.15, 0.2) is 17.6 Å². The summed E-state index contributed by atoms with van der Waals surface area (Å²) in [5, 5.41) is 9.45.